The van der Waals surface area contributed by atoms with E-state index in [1.807, 2.05) is 121 Å². The molecule has 0 aliphatic carbocycles. The maximum Gasteiger partial charge on any atom is 0.351 e. The Bertz CT molecular complexity index is 4060. The first kappa shape index (κ1) is 66.9. The lowest BCUT2D eigenvalue weighted by Crippen LogP contribution is -2.69. The molecule has 9 aromatic rings. The van der Waals surface area contributed by atoms with Crippen molar-refractivity contribution in [3.8, 4) is 11.5 Å². The van der Waals surface area contributed by atoms with Crippen molar-refractivity contribution in [2.75, 3.05) is 59.0 Å². The van der Waals surface area contributed by atoms with Crippen LogP contribution >= 0.6 is 7.60 Å². The summed E-state index contributed by atoms with van der Waals surface area (Å²) in [7, 11) is -1.64. The van der Waals surface area contributed by atoms with Gasteiger partial charge in [-0.15, -0.1) is 0 Å². The fourth-order valence-electron chi connectivity index (χ4n) is 12.4. The third-order valence-electron chi connectivity index (χ3n) is 17.0. The zero-order chi connectivity index (χ0) is 66.4. The van der Waals surface area contributed by atoms with Crippen LogP contribution in [0.4, 0.5) is 11.6 Å². The maximum atomic E-state index is 15.8. The van der Waals surface area contributed by atoms with Crippen LogP contribution < -0.4 is 36.2 Å². The molecule has 0 bridgehead atoms. The van der Waals surface area contributed by atoms with E-state index in [0.29, 0.717) is 17.1 Å². The quantitative estimate of drug-likeness (QED) is 0.0307. The van der Waals surface area contributed by atoms with Crippen LogP contribution in [0.1, 0.15) is 74.1 Å². The number of hydrogen-bond acceptors (Lipinski definition) is 18. The molecular weight excluding hydrogens is 1240 g/mol. The normalized spacial score (nSPS) is 20.6. The molecule has 94 heavy (non-hydrogen) atoms. The smallest absolute Gasteiger partial charge is 0.351 e. The van der Waals surface area contributed by atoms with Gasteiger partial charge in [-0.05, 0) is 74.6 Å². The monoisotopic (exact) mass is 1310 g/mol. The molecule has 2 amide bonds. The number of nitrogens with one attached hydrogen (secondary N) is 2. The molecule has 0 radical (unpaired) electrons. The van der Waals surface area contributed by atoms with Crippen molar-refractivity contribution in [1.29, 1.82) is 0 Å². The lowest BCUT2D eigenvalue weighted by molar-refractivity contribution is -0.118. The standard InChI is InChI=1S/C70H77N8O14PSi/c1-45(2)64(79)74-56-39-40-77(68(81)75-56)66-61(86-9)59(92-94(69(3,4)5,52-27-19-13-20-28-52)53-29-21-14-22-30-53)55(90-66)42-88-93(10,82)91-58-54(89-67(60(58)85-8)78-44-73-57-62(71-43-72-63(57)78)76-65(80)46-23-15-11-16-24-46)41-87-70(47-25-17-12-18-26-47,48-31-35-50(83-6)36-32-48)49-33-37-51(84-7)38-34-49/h11-40,43-45,54-55,58-61,66-67H,41-42H2,1-10H3,(H,71,72,76,80)(H,74,75,79,81)/t54-,55-,58-,59-,60-,61-,66-,67-,93-/m1/s1. The van der Waals surface area contributed by atoms with Gasteiger partial charge < -0.3 is 52.7 Å². The highest BCUT2D eigenvalue weighted by molar-refractivity contribution is 7.53. The fraction of sp³-hybridized carbons (Fsp3) is 0.329. The van der Waals surface area contributed by atoms with Crippen LogP contribution in [0.2, 0.25) is 5.04 Å². The van der Waals surface area contributed by atoms with E-state index in [0.717, 1.165) is 27.1 Å². The number of anilines is 2. The molecule has 11 rings (SSSR count). The second-order valence-corrected chi connectivity index (χ2v) is 30.5. The second kappa shape index (κ2) is 28.6. The van der Waals surface area contributed by atoms with Gasteiger partial charge in [-0.2, -0.15) is 4.98 Å². The Balaban J connectivity index is 0.983. The van der Waals surface area contributed by atoms with Crippen LogP contribution in [-0.2, 0) is 52.1 Å². The van der Waals surface area contributed by atoms with E-state index in [4.69, 9.17) is 51.6 Å². The number of amides is 2. The average Bonchev–Trinajstić information content (AvgIpc) is 1.20. The minimum Gasteiger partial charge on any atom is -0.497 e. The summed E-state index contributed by atoms with van der Waals surface area (Å²) in [4.78, 5) is 58.5. The Morgan fingerprint density at radius 2 is 1.15 bits per heavy atom. The summed E-state index contributed by atoms with van der Waals surface area (Å²) in [5.74, 6) is 0.357. The molecule has 9 atom stereocenters. The second-order valence-electron chi connectivity index (χ2n) is 24.2. The number of carbonyl (C=O) groups excluding carboxylic acids is 2. The minimum absolute atomic E-state index is 0.0611. The number of fused-ring (bicyclic) bond motifs is 1. The van der Waals surface area contributed by atoms with E-state index in [9.17, 15) is 14.4 Å². The van der Waals surface area contributed by atoms with Gasteiger partial charge >= 0.3 is 13.3 Å². The van der Waals surface area contributed by atoms with E-state index >= 15 is 4.57 Å². The van der Waals surface area contributed by atoms with Crippen molar-refractivity contribution >= 4 is 60.9 Å². The van der Waals surface area contributed by atoms with Crippen LogP contribution in [0.3, 0.4) is 0 Å². The first-order chi connectivity index (χ1) is 45.3. The highest BCUT2D eigenvalue weighted by Gasteiger charge is 2.58. The SMILES string of the molecule is COc1ccc(C(OC[C@H]2O[C@@H](n3cnc4c(NC(=O)c5ccccc5)ncnc43)[C@H](OC)[C@@H]2O[P@](C)(=O)OC[C@H]2O[C@@H](n3ccc(NC(=O)C(C)C)nc3=O)[C@H](OC)[C@@H]2O[Si](c2ccccc2)(c2ccccc2)C(C)(C)C)(c2ccccc2)c2ccc(OC)cc2)cc1. The first-order valence-corrected chi connectivity index (χ1v) is 34.7. The fourth-order valence-corrected chi connectivity index (χ4v) is 18.3. The molecule has 0 saturated carbocycles. The summed E-state index contributed by atoms with van der Waals surface area (Å²) in [5.41, 5.74) is 1.07. The lowest BCUT2D eigenvalue weighted by Gasteiger charge is -2.46. The molecule has 6 aromatic carbocycles. The molecule has 2 aliphatic heterocycles. The summed E-state index contributed by atoms with van der Waals surface area (Å²) >= 11 is 0. The summed E-state index contributed by atoms with van der Waals surface area (Å²) in [6.07, 6.45) is -4.54. The molecule has 5 heterocycles. The van der Waals surface area contributed by atoms with Gasteiger partial charge in [0.1, 0.15) is 65.9 Å². The molecule has 2 fully saturated rings. The van der Waals surface area contributed by atoms with Crippen LogP contribution in [0, 0.1) is 5.92 Å². The van der Waals surface area contributed by atoms with Gasteiger partial charge in [0.15, 0.2) is 29.4 Å². The minimum atomic E-state index is -4.35. The van der Waals surface area contributed by atoms with Crippen molar-refractivity contribution in [1.82, 2.24) is 29.1 Å². The Morgan fingerprint density at radius 1 is 0.628 bits per heavy atom. The van der Waals surface area contributed by atoms with Crippen LogP contribution in [-0.4, -0.2) is 134 Å². The molecule has 0 unspecified atom stereocenters. The predicted molar refractivity (Wildman–Crippen MR) is 356 cm³/mol. The summed E-state index contributed by atoms with van der Waals surface area (Å²) < 4.78 is 85.6. The first-order valence-electron chi connectivity index (χ1n) is 30.8. The van der Waals surface area contributed by atoms with Crippen LogP contribution in [0.15, 0.2) is 200 Å². The number of carbonyl (C=O) groups is 2. The highest BCUT2D eigenvalue weighted by Crippen LogP contribution is 2.52. The Morgan fingerprint density at radius 3 is 1.68 bits per heavy atom. The predicted octanol–water partition coefficient (Wildman–Crippen LogP) is 9.95. The molecule has 0 spiro atoms. The van der Waals surface area contributed by atoms with E-state index in [1.165, 1.54) is 50.4 Å². The Kier molecular flexibility index (Phi) is 20.3. The number of aromatic nitrogens is 6. The van der Waals surface area contributed by atoms with E-state index < -0.39 is 93.8 Å². The van der Waals surface area contributed by atoms with Crippen LogP contribution in [0.5, 0.6) is 11.5 Å². The zero-order valence-corrected chi connectivity index (χ0v) is 55.8. The number of imidazole rings is 1. The van der Waals surface area contributed by atoms with Crippen molar-refractivity contribution in [2.45, 2.75) is 94.3 Å². The van der Waals surface area contributed by atoms with Crippen molar-refractivity contribution in [3.63, 3.8) is 0 Å². The van der Waals surface area contributed by atoms with Crippen molar-refractivity contribution in [3.05, 3.63) is 228 Å². The summed E-state index contributed by atoms with van der Waals surface area (Å²) in [6.45, 7) is 10.6. The molecule has 2 aliphatic rings. The van der Waals surface area contributed by atoms with Crippen molar-refractivity contribution in [2.24, 2.45) is 5.92 Å². The highest BCUT2D eigenvalue weighted by atomic mass is 31.2. The number of hydrogen-bond donors (Lipinski definition) is 2. The van der Waals surface area contributed by atoms with Gasteiger partial charge in [-0.25, -0.2) is 19.7 Å². The summed E-state index contributed by atoms with van der Waals surface area (Å²) in [6, 6.07) is 55.1. The molecule has 24 heteroatoms. The topological polar surface area (TPSA) is 246 Å². The molecule has 490 valence electrons. The van der Waals surface area contributed by atoms with Gasteiger partial charge in [-0.1, -0.05) is 168 Å². The van der Waals surface area contributed by atoms with Gasteiger partial charge in [0.25, 0.3) is 14.2 Å². The number of benzene rings is 6. The van der Waals surface area contributed by atoms with E-state index in [2.05, 4.69) is 70.6 Å². The van der Waals surface area contributed by atoms with Gasteiger partial charge in [0.2, 0.25) is 5.91 Å². The van der Waals surface area contributed by atoms with Gasteiger partial charge in [-0.3, -0.25) is 27.8 Å². The third-order valence-corrected chi connectivity index (χ3v) is 23.3. The zero-order valence-electron chi connectivity index (χ0n) is 53.9. The number of methoxy groups -OCH3 is 4. The number of nitrogens with zero attached hydrogens (tertiary/aromatic N) is 6. The molecule has 2 N–H and O–H groups in total. The van der Waals surface area contributed by atoms with Gasteiger partial charge in [0.05, 0.1) is 33.8 Å². The maximum absolute atomic E-state index is 15.8. The molecule has 3 aromatic heterocycles. The molecular formula is C70H77N8O14PSi. The van der Waals surface area contributed by atoms with Gasteiger partial charge in [0, 0.05) is 38.6 Å². The third kappa shape index (κ3) is 13.6. The number of rotatable bonds is 25. The summed E-state index contributed by atoms with van der Waals surface area (Å²) in [5, 5.41) is 6.93. The van der Waals surface area contributed by atoms with Crippen LogP contribution in [0.25, 0.3) is 11.2 Å². The lowest BCUT2D eigenvalue weighted by atomic mass is 9.80. The molecule has 2 saturated heterocycles. The molecule has 22 nitrogen and oxygen atoms in total. The van der Waals surface area contributed by atoms with E-state index in [1.54, 1.807) is 56.9 Å². The largest absolute Gasteiger partial charge is 0.497 e. The number of ether oxygens (including phenoxy) is 7. The van der Waals surface area contributed by atoms with E-state index in [-0.39, 0.29) is 41.2 Å². The Labute approximate surface area is 546 Å². The Hall–Kier alpha value is -8.58. The average molecular weight is 1310 g/mol. The van der Waals surface area contributed by atoms with Crippen molar-refractivity contribution < 1.29 is 60.8 Å².